The number of hydrogen-bond acceptors (Lipinski definition) is 2. The second kappa shape index (κ2) is 6.91. The van der Waals surface area contributed by atoms with Crippen molar-refractivity contribution in [3.63, 3.8) is 0 Å². The van der Waals surface area contributed by atoms with Crippen molar-refractivity contribution < 1.29 is 18.0 Å². The molecule has 5 nitrogen and oxygen atoms in total. The summed E-state index contributed by atoms with van der Waals surface area (Å²) in [5, 5.41) is 9.00. The van der Waals surface area contributed by atoms with E-state index in [1.165, 1.54) is 18.2 Å². The van der Waals surface area contributed by atoms with Gasteiger partial charge in [0, 0.05) is 11.9 Å². The van der Waals surface area contributed by atoms with Crippen LogP contribution < -0.4 is 10.6 Å². The minimum absolute atomic E-state index is 0.305. The van der Waals surface area contributed by atoms with E-state index in [1.54, 1.807) is 35.1 Å². The van der Waals surface area contributed by atoms with Gasteiger partial charge in [0.25, 0.3) is 0 Å². The number of alkyl halides is 3. The first-order chi connectivity index (χ1) is 12.3. The van der Waals surface area contributed by atoms with Crippen molar-refractivity contribution in [1.82, 2.24) is 9.78 Å². The van der Waals surface area contributed by atoms with Crippen LogP contribution in [0.25, 0.3) is 5.69 Å². The smallest absolute Gasteiger partial charge is 0.308 e. The van der Waals surface area contributed by atoms with E-state index in [0.29, 0.717) is 5.69 Å². The van der Waals surface area contributed by atoms with Gasteiger partial charge in [-0.3, -0.25) is 0 Å². The zero-order chi connectivity index (χ0) is 18.7. The van der Waals surface area contributed by atoms with Crippen molar-refractivity contribution in [3.05, 3.63) is 72.1 Å². The molecule has 0 fully saturated rings. The Bertz CT molecular complexity index is 917. The summed E-state index contributed by atoms with van der Waals surface area (Å²) in [7, 11) is 0. The molecule has 2 amide bonds. The Labute approximate surface area is 147 Å². The van der Waals surface area contributed by atoms with Crippen LogP contribution in [0.3, 0.4) is 0 Å². The third-order valence-corrected chi connectivity index (χ3v) is 3.59. The molecule has 134 valence electrons. The average molecular weight is 360 g/mol. The van der Waals surface area contributed by atoms with Gasteiger partial charge >= 0.3 is 12.2 Å². The molecule has 0 saturated carbocycles. The maximum absolute atomic E-state index is 13.0. The Morgan fingerprint density at radius 3 is 2.31 bits per heavy atom. The fraction of sp³-hybridized carbons (Fsp3) is 0.111. The Morgan fingerprint density at radius 1 is 1.00 bits per heavy atom. The number of anilines is 2. The highest BCUT2D eigenvalue weighted by molar-refractivity contribution is 6.00. The van der Waals surface area contributed by atoms with Crippen LogP contribution >= 0.6 is 0 Å². The van der Waals surface area contributed by atoms with E-state index >= 15 is 0 Å². The van der Waals surface area contributed by atoms with Crippen LogP contribution in [-0.2, 0) is 6.18 Å². The van der Waals surface area contributed by atoms with Crippen LogP contribution in [0.4, 0.5) is 29.3 Å². The predicted octanol–water partition coefficient (Wildman–Crippen LogP) is 4.84. The summed E-state index contributed by atoms with van der Waals surface area (Å²) in [4.78, 5) is 12.0. The third kappa shape index (κ3) is 4.02. The van der Waals surface area contributed by atoms with Gasteiger partial charge in [0.1, 0.15) is 0 Å². The average Bonchev–Trinajstić information content (AvgIpc) is 3.01. The molecule has 0 radical (unpaired) electrons. The lowest BCUT2D eigenvalue weighted by Gasteiger charge is -2.14. The molecular formula is C18H15F3N4O. The number of carbonyl (C=O) groups excluding carboxylic acids is 1. The summed E-state index contributed by atoms with van der Waals surface area (Å²) in [5.74, 6) is 0. The van der Waals surface area contributed by atoms with Gasteiger partial charge in [-0.25, -0.2) is 9.48 Å². The quantitative estimate of drug-likeness (QED) is 0.702. The second-order valence-electron chi connectivity index (χ2n) is 5.57. The molecule has 0 aliphatic rings. The van der Waals surface area contributed by atoms with Crippen molar-refractivity contribution in [2.45, 2.75) is 13.1 Å². The van der Waals surface area contributed by atoms with E-state index in [0.717, 1.165) is 17.4 Å². The number of hydrogen-bond donors (Lipinski definition) is 2. The van der Waals surface area contributed by atoms with Gasteiger partial charge < -0.3 is 10.6 Å². The van der Waals surface area contributed by atoms with Crippen molar-refractivity contribution >= 4 is 17.4 Å². The highest BCUT2D eigenvalue weighted by Gasteiger charge is 2.33. The monoisotopic (exact) mass is 360 g/mol. The summed E-state index contributed by atoms with van der Waals surface area (Å²) in [6.07, 6.45) is -2.74. The molecule has 3 aromatic rings. The Hall–Kier alpha value is -3.29. The van der Waals surface area contributed by atoms with E-state index in [4.69, 9.17) is 0 Å². The molecule has 0 saturated heterocycles. The molecule has 2 N–H and O–H groups in total. The first kappa shape index (κ1) is 17.5. The Kier molecular flexibility index (Phi) is 4.66. The third-order valence-electron chi connectivity index (χ3n) is 3.59. The summed E-state index contributed by atoms with van der Waals surface area (Å²) >= 11 is 0. The number of benzene rings is 2. The Morgan fingerprint density at radius 2 is 1.69 bits per heavy atom. The van der Waals surface area contributed by atoms with Crippen LogP contribution in [-0.4, -0.2) is 15.8 Å². The highest BCUT2D eigenvalue weighted by atomic mass is 19.4. The molecule has 0 aliphatic carbocycles. The number of urea groups is 1. The molecule has 1 aromatic heterocycles. The van der Waals surface area contributed by atoms with Crippen LogP contribution in [0, 0.1) is 6.92 Å². The van der Waals surface area contributed by atoms with Gasteiger partial charge in [-0.05, 0) is 49.4 Å². The molecule has 26 heavy (non-hydrogen) atoms. The van der Waals surface area contributed by atoms with E-state index in [9.17, 15) is 18.0 Å². The van der Waals surface area contributed by atoms with Crippen LogP contribution in [0.5, 0.6) is 0 Å². The van der Waals surface area contributed by atoms with E-state index in [1.807, 2.05) is 13.0 Å². The molecule has 0 unspecified atom stereocenters. The number of halogens is 3. The van der Waals surface area contributed by atoms with Gasteiger partial charge in [0.15, 0.2) is 0 Å². The number of para-hydroxylation sites is 1. The molecule has 2 aromatic carbocycles. The van der Waals surface area contributed by atoms with Crippen LogP contribution in [0.15, 0.2) is 60.8 Å². The lowest BCUT2D eigenvalue weighted by molar-refractivity contribution is -0.136. The molecule has 0 bridgehead atoms. The topological polar surface area (TPSA) is 59.0 Å². The normalized spacial score (nSPS) is 11.2. The van der Waals surface area contributed by atoms with E-state index in [2.05, 4.69) is 15.7 Å². The van der Waals surface area contributed by atoms with Gasteiger partial charge in [0.05, 0.1) is 22.6 Å². The number of rotatable bonds is 3. The van der Waals surface area contributed by atoms with Crippen molar-refractivity contribution in [1.29, 1.82) is 0 Å². The summed E-state index contributed by atoms with van der Waals surface area (Å²) in [6.45, 7) is 1.87. The van der Waals surface area contributed by atoms with Gasteiger partial charge in [0.2, 0.25) is 0 Å². The summed E-state index contributed by atoms with van der Waals surface area (Å²) < 4.78 is 40.5. The minimum atomic E-state index is -4.55. The lowest BCUT2D eigenvalue weighted by Crippen LogP contribution is -2.21. The fourth-order valence-electron chi connectivity index (χ4n) is 2.38. The van der Waals surface area contributed by atoms with Gasteiger partial charge in [-0.1, -0.05) is 12.1 Å². The first-order valence-corrected chi connectivity index (χ1v) is 7.70. The minimum Gasteiger partial charge on any atom is -0.308 e. The number of nitrogens with zero attached hydrogens (tertiary/aromatic N) is 2. The first-order valence-electron chi connectivity index (χ1n) is 7.70. The summed E-state index contributed by atoms with van der Waals surface area (Å²) in [6, 6.07) is 12.7. The molecule has 8 heteroatoms. The number of aryl methyl sites for hydroxylation is 1. The Balaban J connectivity index is 1.69. The molecule has 0 aliphatic heterocycles. The standard InChI is InChI=1S/C18H15F3N4O/c1-12-10-11-25(24-12)14-8-6-13(7-9-14)22-17(26)23-16-5-3-2-4-15(16)18(19,20)21/h2-11H,1H3,(H2,22,23,26). The maximum atomic E-state index is 13.0. The summed E-state index contributed by atoms with van der Waals surface area (Å²) in [5.41, 5.74) is 0.904. The van der Waals surface area contributed by atoms with E-state index in [-0.39, 0.29) is 5.69 Å². The largest absolute Gasteiger partial charge is 0.418 e. The second-order valence-corrected chi connectivity index (χ2v) is 5.57. The fourth-order valence-corrected chi connectivity index (χ4v) is 2.38. The maximum Gasteiger partial charge on any atom is 0.418 e. The zero-order valence-corrected chi connectivity index (χ0v) is 13.7. The molecule has 0 spiro atoms. The van der Waals surface area contributed by atoms with Gasteiger partial charge in [-0.15, -0.1) is 0 Å². The highest BCUT2D eigenvalue weighted by Crippen LogP contribution is 2.34. The molecule has 0 atom stereocenters. The molecular weight excluding hydrogens is 345 g/mol. The van der Waals surface area contributed by atoms with Crippen molar-refractivity contribution in [2.24, 2.45) is 0 Å². The number of amides is 2. The SMILES string of the molecule is Cc1ccn(-c2ccc(NC(=O)Nc3ccccc3C(F)(F)F)cc2)n1. The van der Waals surface area contributed by atoms with Crippen LogP contribution in [0.1, 0.15) is 11.3 Å². The van der Waals surface area contributed by atoms with Crippen molar-refractivity contribution in [3.8, 4) is 5.69 Å². The number of carbonyl (C=O) groups is 1. The van der Waals surface area contributed by atoms with Crippen LogP contribution in [0.2, 0.25) is 0 Å². The zero-order valence-electron chi connectivity index (χ0n) is 13.7. The molecule has 3 rings (SSSR count). The van der Waals surface area contributed by atoms with E-state index < -0.39 is 17.8 Å². The number of aromatic nitrogens is 2. The lowest BCUT2D eigenvalue weighted by atomic mass is 10.1. The van der Waals surface area contributed by atoms with Crippen molar-refractivity contribution in [2.75, 3.05) is 10.6 Å². The van der Waals surface area contributed by atoms with Gasteiger partial charge in [-0.2, -0.15) is 18.3 Å². The number of nitrogens with one attached hydrogen (secondary N) is 2. The molecule has 1 heterocycles. The predicted molar refractivity (Wildman–Crippen MR) is 92.4 cm³/mol.